The van der Waals surface area contributed by atoms with Gasteiger partial charge in [0.15, 0.2) is 0 Å². The molecule has 0 radical (unpaired) electrons. The Morgan fingerprint density at radius 1 is 1.44 bits per heavy atom. The van der Waals surface area contributed by atoms with Gasteiger partial charge >= 0.3 is 0 Å². The van der Waals surface area contributed by atoms with Crippen LogP contribution in [0.5, 0.6) is 5.75 Å². The maximum Gasteiger partial charge on any atom is 0.122 e. The number of aryl methyl sites for hydroxylation is 1. The number of rotatable bonds is 3. The first-order valence-electron chi connectivity index (χ1n) is 6.58. The van der Waals surface area contributed by atoms with Crippen LogP contribution >= 0.6 is 0 Å². The van der Waals surface area contributed by atoms with Gasteiger partial charge < -0.3 is 14.8 Å². The molecular weight excluding hydrogens is 226 g/mol. The van der Waals surface area contributed by atoms with Crippen molar-refractivity contribution < 1.29 is 9.47 Å². The Morgan fingerprint density at radius 2 is 2.22 bits per heavy atom. The third-order valence-electron chi connectivity index (χ3n) is 3.40. The van der Waals surface area contributed by atoms with Gasteiger partial charge in [-0.2, -0.15) is 0 Å². The summed E-state index contributed by atoms with van der Waals surface area (Å²) in [6, 6.07) is 6.67. The van der Waals surface area contributed by atoms with Crippen molar-refractivity contribution >= 4 is 0 Å². The van der Waals surface area contributed by atoms with E-state index in [0.29, 0.717) is 0 Å². The van der Waals surface area contributed by atoms with Crippen molar-refractivity contribution in [3.8, 4) is 5.75 Å². The standard InChI is InChI=1S/C15H23NO2/c1-5-11-8-12(6-7-14(11)17-4)13-9-18-10-15(2,3)16-13/h6-8,13,16H,5,9-10H2,1-4H3. The van der Waals surface area contributed by atoms with E-state index in [1.807, 2.05) is 0 Å². The fourth-order valence-electron chi connectivity index (χ4n) is 2.46. The number of benzene rings is 1. The molecule has 0 bridgehead atoms. The summed E-state index contributed by atoms with van der Waals surface area (Å²) in [5, 5.41) is 3.63. The number of hydrogen-bond donors (Lipinski definition) is 1. The molecule has 0 spiro atoms. The molecule has 1 unspecified atom stereocenters. The second kappa shape index (κ2) is 5.29. The third-order valence-corrected chi connectivity index (χ3v) is 3.40. The lowest BCUT2D eigenvalue weighted by Gasteiger charge is -2.37. The average molecular weight is 249 g/mol. The van der Waals surface area contributed by atoms with Crippen LogP contribution in [0.2, 0.25) is 0 Å². The summed E-state index contributed by atoms with van der Waals surface area (Å²) >= 11 is 0. The van der Waals surface area contributed by atoms with Crippen LogP contribution in [-0.2, 0) is 11.2 Å². The highest BCUT2D eigenvalue weighted by atomic mass is 16.5. The molecule has 1 aliphatic heterocycles. The van der Waals surface area contributed by atoms with Gasteiger partial charge in [0, 0.05) is 5.54 Å². The van der Waals surface area contributed by atoms with Gasteiger partial charge in [-0.3, -0.25) is 0 Å². The third kappa shape index (κ3) is 2.85. The number of nitrogens with one attached hydrogen (secondary N) is 1. The fourth-order valence-corrected chi connectivity index (χ4v) is 2.46. The predicted octanol–water partition coefficient (Wildman–Crippen LogP) is 2.70. The van der Waals surface area contributed by atoms with Crippen LogP contribution in [0.1, 0.15) is 37.9 Å². The number of ether oxygens (including phenoxy) is 2. The zero-order valence-electron chi connectivity index (χ0n) is 11.7. The zero-order chi connectivity index (χ0) is 13.2. The van der Waals surface area contributed by atoms with Crippen LogP contribution in [0.3, 0.4) is 0 Å². The van der Waals surface area contributed by atoms with Crippen molar-refractivity contribution in [3.63, 3.8) is 0 Å². The Bertz CT molecular complexity index is 415. The minimum Gasteiger partial charge on any atom is -0.496 e. The zero-order valence-corrected chi connectivity index (χ0v) is 11.7. The predicted molar refractivity (Wildman–Crippen MR) is 73.1 cm³/mol. The van der Waals surface area contributed by atoms with E-state index in [1.165, 1.54) is 11.1 Å². The van der Waals surface area contributed by atoms with E-state index >= 15 is 0 Å². The minimum absolute atomic E-state index is 0.0369. The average Bonchev–Trinajstić information content (AvgIpc) is 2.36. The first-order chi connectivity index (χ1) is 8.55. The van der Waals surface area contributed by atoms with Crippen LogP contribution in [0.4, 0.5) is 0 Å². The second-order valence-electron chi connectivity index (χ2n) is 5.52. The molecule has 0 amide bonds. The molecule has 18 heavy (non-hydrogen) atoms. The lowest BCUT2D eigenvalue weighted by atomic mass is 9.97. The number of methoxy groups -OCH3 is 1. The summed E-state index contributed by atoms with van der Waals surface area (Å²) < 4.78 is 11.1. The summed E-state index contributed by atoms with van der Waals surface area (Å²) in [4.78, 5) is 0. The van der Waals surface area contributed by atoms with Gasteiger partial charge in [-0.05, 0) is 37.5 Å². The lowest BCUT2D eigenvalue weighted by Crippen LogP contribution is -2.51. The molecule has 1 N–H and O–H groups in total. The normalized spacial score (nSPS) is 22.8. The van der Waals surface area contributed by atoms with Crippen molar-refractivity contribution in [2.24, 2.45) is 0 Å². The molecule has 1 fully saturated rings. The van der Waals surface area contributed by atoms with Gasteiger partial charge in [-0.15, -0.1) is 0 Å². The van der Waals surface area contributed by atoms with E-state index < -0.39 is 0 Å². The summed E-state index contributed by atoms with van der Waals surface area (Å²) in [6.45, 7) is 7.99. The molecule has 100 valence electrons. The van der Waals surface area contributed by atoms with E-state index in [1.54, 1.807) is 7.11 Å². The van der Waals surface area contributed by atoms with Crippen LogP contribution in [0.15, 0.2) is 18.2 Å². The Hall–Kier alpha value is -1.06. The van der Waals surface area contributed by atoms with Crippen molar-refractivity contribution in [1.29, 1.82) is 0 Å². The molecule has 1 heterocycles. The van der Waals surface area contributed by atoms with Crippen molar-refractivity contribution in [1.82, 2.24) is 5.32 Å². The van der Waals surface area contributed by atoms with Crippen molar-refractivity contribution in [2.75, 3.05) is 20.3 Å². The van der Waals surface area contributed by atoms with Gasteiger partial charge in [0.25, 0.3) is 0 Å². The van der Waals surface area contributed by atoms with Gasteiger partial charge in [-0.1, -0.05) is 19.1 Å². The monoisotopic (exact) mass is 249 g/mol. The van der Waals surface area contributed by atoms with Gasteiger partial charge in [0.2, 0.25) is 0 Å². The van der Waals surface area contributed by atoms with E-state index in [4.69, 9.17) is 9.47 Å². The highest BCUT2D eigenvalue weighted by Crippen LogP contribution is 2.27. The molecule has 2 rings (SSSR count). The topological polar surface area (TPSA) is 30.5 Å². The molecule has 1 aromatic rings. The highest BCUT2D eigenvalue weighted by molar-refractivity contribution is 5.38. The number of morpholine rings is 1. The van der Waals surface area contributed by atoms with Crippen molar-refractivity contribution in [3.05, 3.63) is 29.3 Å². The first-order valence-corrected chi connectivity index (χ1v) is 6.58. The fraction of sp³-hybridized carbons (Fsp3) is 0.600. The maximum atomic E-state index is 5.69. The SMILES string of the molecule is CCc1cc(C2COCC(C)(C)N2)ccc1OC. The molecule has 0 aromatic heterocycles. The molecule has 1 aromatic carbocycles. The van der Waals surface area contributed by atoms with Crippen LogP contribution in [-0.4, -0.2) is 25.9 Å². The highest BCUT2D eigenvalue weighted by Gasteiger charge is 2.28. The van der Waals surface area contributed by atoms with Crippen LogP contribution in [0, 0.1) is 0 Å². The molecule has 1 saturated heterocycles. The molecule has 0 aliphatic carbocycles. The first kappa shape index (κ1) is 13.4. The van der Waals surface area contributed by atoms with Gasteiger partial charge in [0.05, 0.1) is 26.4 Å². The van der Waals surface area contributed by atoms with Crippen LogP contribution in [0.25, 0.3) is 0 Å². The summed E-state index contributed by atoms with van der Waals surface area (Å²) in [5.74, 6) is 0.970. The van der Waals surface area contributed by atoms with Crippen molar-refractivity contribution in [2.45, 2.75) is 38.8 Å². The lowest BCUT2D eigenvalue weighted by molar-refractivity contribution is 0.0127. The Kier molecular flexibility index (Phi) is 3.93. The number of hydrogen-bond acceptors (Lipinski definition) is 3. The largest absolute Gasteiger partial charge is 0.496 e. The Balaban J connectivity index is 2.23. The van der Waals surface area contributed by atoms with E-state index in [9.17, 15) is 0 Å². The van der Waals surface area contributed by atoms with E-state index in [-0.39, 0.29) is 11.6 Å². The summed E-state index contributed by atoms with van der Waals surface area (Å²) in [5.41, 5.74) is 2.57. The van der Waals surface area contributed by atoms with E-state index in [2.05, 4.69) is 44.3 Å². The molecule has 1 aliphatic rings. The van der Waals surface area contributed by atoms with Gasteiger partial charge in [0.1, 0.15) is 5.75 Å². The van der Waals surface area contributed by atoms with Gasteiger partial charge in [-0.25, -0.2) is 0 Å². The quantitative estimate of drug-likeness (QED) is 0.893. The smallest absolute Gasteiger partial charge is 0.122 e. The Morgan fingerprint density at radius 3 is 2.83 bits per heavy atom. The van der Waals surface area contributed by atoms with E-state index in [0.717, 1.165) is 25.4 Å². The minimum atomic E-state index is 0.0369. The second-order valence-corrected chi connectivity index (χ2v) is 5.52. The molecule has 3 nitrogen and oxygen atoms in total. The maximum absolute atomic E-state index is 5.69. The Labute approximate surface area is 109 Å². The van der Waals surface area contributed by atoms with Crippen LogP contribution < -0.4 is 10.1 Å². The molecular formula is C15H23NO2. The molecule has 1 atom stereocenters. The summed E-state index contributed by atoms with van der Waals surface area (Å²) in [6.07, 6.45) is 0.980. The molecule has 0 saturated carbocycles. The summed E-state index contributed by atoms with van der Waals surface area (Å²) in [7, 11) is 1.72. The molecule has 3 heteroatoms.